The van der Waals surface area contributed by atoms with Crippen LogP contribution in [0.5, 0.6) is 0 Å². The topological polar surface area (TPSA) is 24.9 Å². The van der Waals surface area contributed by atoms with Crippen LogP contribution in [0.15, 0.2) is 5.38 Å². The van der Waals surface area contributed by atoms with Gasteiger partial charge in [0.25, 0.3) is 0 Å². The van der Waals surface area contributed by atoms with Crippen molar-refractivity contribution in [3.8, 4) is 0 Å². The minimum atomic E-state index is 0.879. The fourth-order valence-electron chi connectivity index (χ4n) is 0.671. The molecular formula is C8H16N2S. The molecule has 11 heavy (non-hydrogen) atoms. The molecule has 64 valence electrons. The van der Waals surface area contributed by atoms with Crippen LogP contribution in [0, 0.1) is 6.92 Å². The van der Waals surface area contributed by atoms with Crippen LogP contribution in [-0.2, 0) is 6.54 Å². The Kier molecular flexibility index (Phi) is 6.07. The molecule has 0 unspecified atom stereocenters. The highest BCUT2D eigenvalue weighted by Gasteiger charge is 1.93. The number of aryl methyl sites for hydroxylation is 1. The van der Waals surface area contributed by atoms with Gasteiger partial charge in [-0.2, -0.15) is 0 Å². The van der Waals surface area contributed by atoms with Crippen LogP contribution in [0.25, 0.3) is 0 Å². The van der Waals surface area contributed by atoms with Crippen molar-refractivity contribution in [3.63, 3.8) is 0 Å². The molecule has 0 saturated carbocycles. The second kappa shape index (κ2) is 6.31. The average molecular weight is 172 g/mol. The highest BCUT2D eigenvalue weighted by molar-refractivity contribution is 7.09. The first-order valence-electron chi connectivity index (χ1n) is 3.88. The smallest absolute Gasteiger partial charge is 0.0897 e. The molecule has 1 aromatic heterocycles. The van der Waals surface area contributed by atoms with Gasteiger partial charge in [0.05, 0.1) is 10.7 Å². The first-order valence-corrected chi connectivity index (χ1v) is 4.76. The Morgan fingerprint density at radius 2 is 2.18 bits per heavy atom. The van der Waals surface area contributed by atoms with Crippen molar-refractivity contribution < 1.29 is 0 Å². The van der Waals surface area contributed by atoms with E-state index in [1.54, 1.807) is 11.3 Å². The molecule has 0 aliphatic rings. The Morgan fingerprint density at radius 1 is 1.55 bits per heavy atom. The number of hydrogen-bond acceptors (Lipinski definition) is 3. The molecule has 0 fully saturated rings. The highest BCUT2D eigenvalue weighted by atomic mass is 32.1. The molecule has 0 aliphatic carbocycles. The Morgan fingerprint density at radius 3 is 2.55 bits per heavy atom. The lowest BCUT2D eigenvalue weighted by Gasteiger charge is -1.89. The molecular weight excluding hydrogens is 156 g/mol. The molecule has 1 N–H and O–H groups in total. The first kappa shape index (κ1) is 10.6. The van der Waals surface area contributed by atoms with E-state index in [1.165, 1.54) is 0 Å². The molecule has 3 heteroatoms. The summed E-state index contributed by atoms with van der Waals surface area (Å²) in [6.07, 6.45) is 0. The Bertz CT molecular complexity index is 184. The molecule has 0 saturated heterocycles. The summed E-state index contributed by atoms with van der Waals surface area (Å²) in [6.45, 7) is 6.90. The van der Waals surface area contributed by atoms with Gasteiger partial charge in [0.1, 0.15) is 0 Å². The van der Waals surface area contributed by atoms with Crippen LogP contribution in [0.1, 0.15) is 24.5 Å². The minimum Gasteiger partial charge on any atom is -0.314 e. The second-order valence-corrected chi connectivity index (χ2v) is 2.95. The fourth-order valence-corrected chi connectivity index (χ4v) is 1.28. The van der Waals surface area contributed by atoms with Crippen molar-refractivity contribution in [2.24, 2.45) is 0 Å². The van der Waals surface area contributed by atoms with E-state index >= 15 is 0 Å². The second-order valence-electron chi connectivity index (χ2n) is 1.89. The van der Waals surface area contributed by atoms with E-state index in [-0.39, 0.29) is 0 Å². The van der Waals surface area contributed by atoms with Gasteiger partial charge in [0.2, 0.25) is 0 Å². The van der Waals surface area contributed by atoms with Gasteiger partial charge >= 0.3 is 0 Å². The maximum atomic E-state index is 4.26. The van der Waals surface area contributed by atoms with E-state index in [2.05, 4.69) is 15.7 Å². The largest absolute Gasteiger partial charge is 0.314 e. The van der Waals surface area contributed by atoms with E-state index in [0.717, 1.165) is 17.2 Å². The van der Waals surface area contributed by atoms with Crippen LogP contribution in [0.4, 0.5) is 0 Å². The third-order valence-electron chi connectivity index (χ3n) is 1.02. The lowest BCUT2D eigenvalue weighted by Crippen LogP contribution is -2.04. The van der Waals surface area contributed by atoms with Crippen molar-refractivity contribution in [3.05, 3.63) is 16.1 Å². The van der Waals surface area contributed by atoms with Gasteiger partial charge in [-0.3, -0.25) is 0 Å². The number of nitrogens with zero attached hydrogens (tertiary/aromatic N) is 1. The van der Waals surface area contributed by atoms with Gasteiger partial charge in [0, 0.05) is 11.9 Å². The molecule has 0 amide bonds. The maximum Gasteiger partial charge on any atom is 0.0897 e. The van der Waals surface area contributed by atoms with Gasteiger partial charge in [-0.05, 0) is 14.0 Å². The van der Waals surface area contributed by atoms with E-state index in [4.69, 9.17) is 0 Å². The van der Waals surface area contributed by atoms with Gasteiger partial charge in [-0.15, -0.1) is 11.3 Å². The van der Waals surface area contributed by atoms with Crippen LogP contribution in [0.3, 0.4) is 0 Å². The van der Waals surface area contributed by atoms with Crippen molar-refractivity contribution in [2.45, 2.75) is 27.3 Å². The first-order chi connectivity index (χ1) is 5.33. The van der Waals surface area contributed by atoms with E-state index in [0.29, 0.717) is 0 Å². The summed E-state index contributed by atoms with van der Waals surface area (Å²) in [5, 5.41) is 6.26. The number of hydrogen-bond donors (Lipinski definition) is 1. The number of thiazole rings is 1. The molecule has 1 aromatic rings. The SMILES string of the molecule is CC.CNCc1csc(C)n1. The number of nitrogens with one attached hydrogen (secondary N) is 1. The Balaban J connectivity index is 0.000000461. The maximum absolute atomic E-state index is 4.26. The molecule has 0 radical (unpaired) electrons. The lowest BCUT2D eigenvalue weighted by molar-refractivity contribution is 0.795. The third-order valence-corrected chi connectivity index (χ3v) is 1.85. The zero-order valence-electron chi connectivity index (χ0n) is 7.64. The lowest BCUT2D eigenvalue weighted by atomic mass is 10.5. The summed E-state index contributed by atoms with van der Waals surface area (Å²) in [6, 6.07) is 0. The fraction of sp³-hybridized carbons (Fsp3) is 0.625. The number of aromatic nitrogens is 1. The van der Waals surface area contributed by atoms with Crippen LogP contribution in [-0.4, -0.2) is 12.0 Å². The van der Waals surface area contributed by atoms with Crippen LogP contribution >= 0.6 is 11.3 Å². The normalized spacial score (nSPS) is 8.73. The molecule has 0 aromatic carbocycles. The molecule has 1 heterocycles. The van der Waals surface area contributed by atoms with E-state index in [1.807, 2.05) is 27.8 Å². The van der Waals surface area contributed by atoms with Crippen molar-refractivity contribution >= 4 is 11.3 Å². The average Bonchev–Trinajstić information content (AvgIpc) is 2.41. The molecule has 0 atom stereocenters. The van der Waals surface area contributed by atoms with Crippen LogP contribution < -0.4 is 5.32 Å². The third kappa shape index (κ3) is 4.11. The highest BCUT2D eigenvalue weighted by Crippen LogP contribution is 2.06. The molecule has 0 bridgehead atoms. The van der Waals surface area contributed by atoms with Crippen LogP contribution in [0.2, 0.25) is 0 Å². The van der Waals surface area contributed by atoms with Crippen molar-refractivity contribution in [1.29, 1.82) is 0 Å². The van der Waals surface area contributed by atoms with Gasteiger partial charge < -0.3 is 5.32 Å². The number of rotatable bonds is 2. The monoisotopic (exact) mass is 172 g/mol. The van der Waals surface area contributed by atoms with Gasteiger partial charge in [-0.1, -0.05) is 13.8 Å². The predicted molar refractivity (Wildman–Crippen MR) is 51.0 cm³/mol. The standard InChI is InChI=1S/C6H10N2S.C2H6/c1-5-8-6(3-7-2)4-9-5;1-2/h4,7H,3H2,1-2H3;1-2H3. The van der Waals surface area contributed by atoms with E-state index in [9.17, 15) is 0 Å². The molecule has 0 spiro atoms. The summed E-state index contributed by atoms with van der Waals surface area (Å²) in [4.78, 5) is 4.26. The zero-order valence-corrected chi connectivity index (χ0v) is 8.46. The van der Waals surface area contributed by atoms with Gasteiger partial charge in [0.15, 0.2) is 0 Å². The van der Waals surface area contributed by atoms with Crippen molar-refractivity contribution in [2.75, 3.05) is 7.05 Å². The summed E-state index contributed by atoms with van der Waals surface area (Å²) in [5.74, 6) is 0. The quantitative estimate of drug-likeness (QED) is 0.739. The zero-order chi connectivity index (χ0) is 8.69. The summed E-state index contributed by atoms with van der Waals surface area (Å²) in [5.41, 5.74) is 1.14. The summed E-state index contributed by atoms with van der Waals surface area (Å²) < 4.78 is 0. The molecule has 0 aliphatic heterocycles. The summed E-state index contributed by atoms with van der Waals surface area (Å²) >= 11 is 1.69. The Labute approximate surface area is 72.7 Å². The summed E-state index contributed by atoms with van der Waals surface area (Å²) in [7, 11) is 1.93. The molecule has 2 nitrogen and oxygen atoms in total. The van der Waals surface area contributed by atoms with Crippen molar-refractivity contribution in [1.82, 2.24) is 10.3 Å². The Hall–Kier alpha value is -0.410. The van der Waals surface area contributed by atoms with Gasteiger partial charge in [-0.25, -0.2) is 4.98 Å². The predicted octanol–water partition coefficient (Wildman–Crippen LogP) is 2.20. The minimum absolute atomic E-state index is 0.879. The molecule has 1 rings (SSSR count). The van der Waals surface area contributed by atoms with E-state index < -0.39 is 0 Å².